The van der Waals surface area contributed by atoms with Gasteiger partial charge in [-0.25, -0.2) is 13.8 Å². The molecule has 3 aliphatic rings. The van der Waals surface area contributed by atoms with Crippen molar-refractivity contribution in [3.05, 3.63) is 59.3 Å². The maximum atomic E-state index is 14.2. The number of hydrogen-bond acceptors (Lipinski definition) is 7. The van der Waals surface area contributed by atoms with Gasteiger partial charge in [0.25, 0.3) is 5.91 Å². The summed E-state index contributed by atoms with van der Waals surface area (Å²) in [4.78, 5) is 29.3. The van der Waals surface area contributed by atoms with Crippen LogP contribution in [0.5, 0.6) is 0 Å². The van der Waals surface area contributed by atoms with Gasteiger partial charge in [0.1, 0.15) is 17.5 Å². The Labute approximate surface area is 220 Å². The number of morpholine rings is 1. The first-order valence-electron chi connectivity index (χ1n) is 13.4. The number of likely N-dealkylation sites (tertiary alicyclic amines) is 1. The number of fused-ring (bicyclic) bond motifs is 1. The van der Waals surface area contributed by atoms with Crippen LogP contribution in [0.15, 0.2) is 36.5 Å². The molecule has 3 fully saturated rings. The third kappa shape index (κ3) is 4.90. The maximum absolute atomic E-state index is 14.2. The van der Waals surface area contributed by atoms with Crippen molar-refractivity contribution in [3.8, 4) is 0 Å². The smallest absolute Gasteiger partial charge is 0.253 e. The summed E-state index contributed by atoms with van der Waals surface area (Å²) in [7, 11) is 0. The van der Waals surface area contributed by atoms with E-state index < -0.39 is 11.6 Å². The lowest BCUT2D eigenvalue weighted by atomic mass is 9.97. The lowest BCUT2D eigenvalue weighted by Gasteiger charge is -2.31. The lowest BCUT2D eigenvalue weighted by molar-refractivity contribution is 0.0714. The van der Waals surface area contributed by atoms with Gasteiger partial charge >= 0.3 is 0 Å². The van der Waals surface area contributed by atoms with Gasteiger partial charge in [-0.05, 0) is 49.9 Å². The SMILES string of the molecule is NC1CCN(C(=O)c2cc(C3CCCN3c3cc(F)cc(F)c3)c3nc(N4CCOCC4)cnc3c2)CC1. The standard InChI is InChI=1S/C28H32F2N6O2/c29-19-14-20(30)16-22(15-19)36-5-1-2-25(36)23-12-18(28(37)35-6-3-21(31)4-7-35)13-24-27(23)33-26(17-32-24)34-8-10-38-11-9-34/h12-17,21,25H,1-11,31H2. The minimum atomic E-state index is -0.614. The summed E-state index contributed by atoms with van der Waals surface area (Å²) >= 11 is 0. The Hall–Kier alpha value is -3.37. The topological polar surface area (TPSA) is 87.8 Å². The predicted molar refractivity (Wildman–Crippen MR) is 141 cm³/mol. The number of benzene rings is 2. The molecule has 1 unspecified atom stereocenters. The average Bonchev–Trinajstić information content (AvgIpc) is 3.42. The van der Waals surface area contributed by atoms with E-state index >= 15 is 0 Å². The minimum Gasteiger partial charge on any atom is -0.378 e. The summed E-state index contributed by atoms with van der Waals surface area (Å²) in [6.45, 7) is 4.58. The second-order valence-electron chi connectivity index (χ2n) is 10.4. The number of hydrogen-bond donors (Lipinski definition) is 1. The fourth-order valence-electron chi connectivity index (χ4n) is 5.84. The van der Waals surface area contributed by atoms with Crippen LogP contribution in [0.4, 0.5) is 20.3 Å². The van der Waals surface area contributed by atoms with Crippen LogP contribution in [0.3, 0.4) is 0 Å². The van der Waals surface area contributed by atoms with Crippen molar-refractivity contribution >= 4 is 28.4 Å². The molecular formula is C28H32F2N6O2. The first kappa shape index (κ1) is 24.9. The van der Waals surface area contributed by atoms with Crippen LogP contribution in [0.25, 0.3) is 11.0 Å². The van der Waals surface area contributed by atoms with E-state index in [1.165, 1.54) is 12.1 Å². The number of piperidine rings is 1. The number of halogens is 2. The summed E-state index contributed by atoms with van der Waals surface area (Å²) in [5, 5.41) is 0. The molecule has 3 aromatic rings. The van der Waals surface area contributed by atoms with Gasteiger partial charge in [0, 0.05) is 61.6 Å². The summed E-state index contributed by atoms with van der Waals surface area (Å²) in [5.41, 5.74) is 9.28. The van der Waals surface area contributed by atoms with E-state index in [1.54, 1.807) is 6.20 Å². The van der Waals surface area contributed by atoms with Gasteiger partial charge in [0.15, 0.2) is 0 Å². The lowest BCUT2D eigenvalue weighted by Crippen LogP contribution is -2.42. The highest BCUT2D eigenvalue weighted by Gasteiger charge is 2.31. The predicted octanol–water partition coefficient (Wildman–Crippen LogP) is 3.65. The fourth-order valence-corrected chi connectivity index (χ4v) is 5.84. The molecular weight excluding hydrogens is 490 g/mol. The van der Waals surface area contributed by atoms with Crippen molar-refractivity contribution in [3.63, 3.8) is 0 Å². The van der Waals surface area contributed by atoms with Gasteiger partial charge in [0.2, 0.25) is 0 Å². The van der Waals surface area contributed by atoms with Crippen molar-refractivity contribution in [1.29, 1.82) is 0 Å². The van der Waals surface area contributed by atoms with Gasteiger partial charge in [-0.2, -0.15) is 0 Å². The molecule has 200 valence electrons. The van der Waals surface area contributed by atoms with Crippen LogP contribution in [-0.4, -0.2) is 72.8 Å². The zero-order valence-electron chi connectivity index (χ0n) is 21.3. The minimum absolute atomic E-state index is 0.0551. The molecule has 0 radical (unpaired) electrons. The maximum Gasteiger partial charge on any atom is 0.253 e. The molecule has 0 bridgehead atoms. The van der Waals surface area contributed by atoms with Gasteiger partial charge in [-0.3, -0.25) is 9.78 Å². The van der Waals surface area contributed by atoms with Crippen molar-refractivity contribution in [2.24, 2.45) is 5.73 Å². The number of nitrogens with zero attached hydrogens (tertiary/aromatic N) is 5. The number of anilines is 2. The highest BCUT2D eigenvalue weighted by molar-refractivity contribution is 5.98. The molecule has 1 atom stereocenters. The fraction of sp³-hybridized carbons (Fsp3) is 0.464. The van der Waals surface area contributed by atoms with Crippen molar-refractivity contribution in [2.45, 2.75) is 37.8 Å². The Morgan fingerprint density at radius 1 is 0.947 bits per heavy atom. The number of aromatic nitrogens is 2. The molecule has 1 amide bonds. The van der Waals surface area contributed by atoms with E-state index in [4.69, 9.17) is 20.4 Å². The van der Waals surface area contributed by atoms with Crippen molar-refractivity contribution in [1.82, 2.24) is 14.9 Å². The molecule has 3 saturated heterocycles. The summed E-state index contributed by atoms with van der Waals surface area (Å²) in [6, 6.07) is 7.25. The molecule has 10 heteroatoms. The summed E-state index contributed by atoms with van der Waals surface area (Å²) in [5.74, 6) is -0.526. The van der Waals surface area contributed by atoms with Crippen LogP contribution in [0, 0.1) is 11.6 Å². The van der Waals surface area contributed by atoms with E-state index in [1.807, 2.05) is 21.9 Å². The highest BCUT2D eigenvalue weighted by Crippen LogP contribution is 2.40. The van der Waals surface area contributed by atoms with Crippen LogP contribution < -0.4 is 15.5 Å². The molecule has 0 saturated carbocycles. The van der Waals surface area contributed by atoms with Crippen LogP contribution in [-0.2, 0) is 4.74 Å². The second-order valence-corrected chi connectivity index (χ2v) is 10.4. The Morgan fingerprint density at radius 3 is 2.42 bits per heavy atom. The van der Waals surface area contributed by atoms with E-state index in [2.05, 4.69) is 4.90 Å². The van der Waals surface area contributed by atoms with Crippen LogP contribution in [0.1, 0.15) is 47.6 Å². The van der Waals surface area contributed by atoms with Gasteiger partial charge in [0.05, 0.1) is 36.5 Å². The molecule has 8 nitrogen and oxygen atoms in total. The molecule has 6 rings (SSSR count). The molecule has 0 spiro atoms. The quantitative estimate of drug-likeness (QED) is 0.560. The zero-order chi connectivity index (χ0) is 26.2. The Kier molecular flexibility index (Phi) is 6.84. The molecule has 4 heterocycles. The first-order chi connectivity index (χ1) is 18.5. The van der Waals surface area contributed by atoms with Gasteiger partial charge < -0.3 is 25.2 Å². The zero-order valence-corrected chi connectivity index (χ0v) is 21.3. The number of amides is 1. The largest absolute Gasteiger partial charge is 0.378 e. The Morgan fingerprint density at radius 2 is 1.68 bits per heavy atom. The normalized spacial score (nSPS) is 20.9. The molecule has 1 aromatic heterocycles. The summed E-state index contributed by atoms with van der Waals surface area (Å²) < 4.78 is 33.8. The molecule has 0 aliphatic carbocycles. The number of ether oxygens (including phenoxy) is 1. The number of carbonyl (C=O) groups excluding carboxylic acids is 1. The third-order valence-corrected chi connectivity index (χ3v) is 7.86. The Balaban J connectivity index is 1.44. The van der Waals surface area contributed by atoms with E-state index in [9.17, 15) is 13.6 Å². The number of nitrogens with two attached hydrogens (primary N) is 1. The molecule has 38 heavy (non-hydrogen) atoms. The summed E-state index contributed by atoms with van der Waals surface area (Å²) in [6.07, 6.45) is 4.92. The van der Waals surface area contributed by atoms with Gasteiger partial charge in [-0.15, -0.1) is 0 Å². The first-order valence-corrected chi connectivity index (χ1v) is 13.4. The van der Waals surface area contributed by atoms with Crippen molar-refractivity contribution < 1.29 is 18.3 Å². The highest BCUT2D eigenvalue weighted by atomic mass is 19.1. The van der Waals surface area contributed by atoms with Crippen molar-refractivity contribution in [2.75, 3.05) is 55.7 Å². The molecule has 2 aromatic carbocycles. The third-order valence-electron chi connectivity index (χ3n) is 7.86. The van der Waals surface area contributed by atoms with E-state index in [-0.39, 0.29) is 18.0 Å². The van der Waals surface area contributed by atoms with Gasteiger partial charge in [-0.1, -0.05) is 0 Å². The number of rotatable bonds is 4. The number of carbonyl (C=O) groups is 1. The van der Waals surface area contributed by atoms with E-state index in [0.717, 1.165) is 56.2 Å². The van der Waals surface area contributed by atoms with Crippen LogP contribution >= 0.6 is 0 Å². The molecule has 3 aliphatic heterocycles. The Bertz CT molecular complexity index is 1320. The molecule has 2 N–H and O–H groups in total. The van der Waals surface area contributed by atoms with E-state index in [0.29, 0.717) is 55.1 Å². The monoisotopic (exact) mass is 522 g/mol. The van der Waals surface area contributed by atoms with Crippen LogP contribution in [0.2, 0.25) is 0 Å². The second kappa shape index (κ2) is 10.4. The average molecular weight is 523 g/mol.